The lowest BCUT2D eigenvalue weighted by Gasteiger charge is -2.46. The number of amides is 1. The van der Waals surface area contributed by atoms with Crippen LogP contribution in [0.4, 0.5) is 27.9 Å². The van der Waals surface area contributed by atoms with Crippen LogP contribution in [-0.2, 0) is 4.74 Å². The van der Waals surface area contributed by atoms with Crippen LogP contribution >= 0.6 is 19.5 Å². The van der Waals surface area contributed by atoms with E-state index in [1.165, 1.54) is 0 Å². The van der Waals surface area contributed by atoms with Crippen LogP contribution in [0.15, 0.2) is 43.1 Å². The van der Waals surface area contributed by atoms with E-state index in [2.05, 4.69) is 53.9 Å². The van der Waals surface area contributed by atoms with Crippen molar-refractivity contribution in [3.8, 4) is 0 Å². The Morgan fingerprint density at radius 3 is 2.48 bits per heavy atom. The monoisotopic (exact) mass is 636 g/mol. The normalized spacial score (nSPS) is 19.2. The number of aromatic nitrogens is 6. The molecular weight excluding hydrogens is 599 g/mol. The number of fused-ring (bicyclic) bond motifs is 1. The molecule has 2 aliphatic rings. The molecular formula is C30H38ClN10O2P. The molecule has 0 unspecified atom stereocenters. The average Bonchev–Trinajstić information content (AvgIpc) is 3.40. The van der Waals surface area contributed by atoms with Crippen LogP contribution in [0, 0.1) is 0 Å². The molecule has 0 spiro atoms. The maximum Gasteiger partial charge on any atom is 0.410 e. The van der Waals surface area contributed by atoms with E-state index in [9.17, 15) is 4.79 Å². The molecule has 6 rings (SSSR count). The lowest BCUT2D eigenvalue weighted by atomic mass is 9.85. The Bertz CT molecular complexity index is 1640. The van der Waals surface area contributed by atoms with Gasteiger partial charge in [0.1, 0.15) is 10.6 Å². The van der Waals surface area contributed by atoms with E-state index in [1.54, 1.807) is 24.8 Å². The molecule has 1 amide bonds. The van der Waals surface area contributed by atoms with Gasteiger partial charge in [-0.1, -0.05) is 19.5 Å². The highest BCUT2D eigenvalue weighted by Gasteiger charge is 2.37. The number of carbonyl (C=O) groups excluding carboxylic acids is 1. The molecule has 44 heavy (non-hydrogen) atoms. The molecule has 3 aromatic heterocycles. The van der Waals surface area contributed by atoms with Crippen molar-refractivity contribution < 1.29 is 9.53 Å². The first-order valence-corrected chi connectivity index (χ1v) is 17.4. The number of carbonyl (C=O) groups is 1. The fourth-order valence-electron chi connectivity index (χ4n) is 5.62. The van der Waals surface area contributed by atoms with E-state index in [0.717, 1.165) is 53.6 Å². The van der Waals surface area contributed by atoms with Gasteiger partial charge in [-0.2, -0.15) is 10.1 Å². The minimum atomic E-state index is -0.488. The van der Waals surface area contributed by atoms with Gasteiger partial charge in [-0.15, -0.1) is 0 Å². The zero-order valence-corrected chi connectivity index (χ0v) is 27.3. The maximum absolute atomic E-state index is 12.4. The topological polar surface area (TPSA) is 126 Å². The smallest absolute Gasteiger partial charge is 0.410 e. The summed E-state index contributed by atoms with van der Waals surface area (Å²) >= 11 is 6.51. The number of hydrogen-bond donors (Lipinski definition) is 2. The summed E-state index contributed by atoms with van der Waals surface area (Å²) in [5.74, 6) is 0.926. The quantitative estimate of drug-likeness (QED) is 0.255. The number of anilines is 4. The maximum atomic E-state index is 12.4. The van der Waals surface area contributed by atoms with Crippen LogP contribution in [-0.4, -0.2) is 96.8 Å². The molecule has 0 bridgehead atoms. The second-order valence-electron chi connectivity index (χ2n) is 12.4. The van der Waals surface area contributed by atoms with Gasteiger partial charge in [-0.3, -0.25) is 19.5 Å². The number of hydrogen-bond acceptors (Lipinski definition) is 10. The second-order valence-corrected chi connectivity index (χ2v) is 15.1. The summed E-state index contributed by atoms with van der Waals surface area (Å²) in [5, 5.41) is 12.8. The number of halogens is 1. The van der Waals surface area contributed by atoms with Gasteiger partial charge < -0.3 is 20.3 Å². The summed E-state index contributed by atoms with van der Waals surface area (Å²) in [4.78, 5) is 34.8. The Labute approximate surface area is 263 Å². The van der Waals surface area contributed by atoms with E-state index < -0.39 is 13.5 Å². The van der Waals surface area contributed by atoms with Gasteiger partial charge >= 0.3 is 6.09 Å². The van der Waals surface area contributed by atoms with Gasteiger partial charge in [0.25, 0.3) is 0 Å². The number of rotatable bonds is 7. The molecule has 1 aromatic carbocycles. The standard InChI is InChI=1S/C30H38ClN10O2P/c1-30(2,3)43-29(42)40-12-10-39(11-13-40)20-14-21(15-20)41-18-19(16-35-41)36-28-34-17-22(31)27(38-28)37-24-7-6-23-25(26(24)44(4)5)33-9-8-32-23/h6-9,16-18,20-21H,10-15H2,1-5H3,(H2,34,36,37,38). The second kappa shape index (κ2) is 12.4. The van der Waals surface area contributed by atoms with Crippen molar-refractivity contribution in [2.75, 3.05) is 50.1 Å². The van der Waals surface area contributed by atoms with Crippen molar-refractivity contribution in [2.24, 2.45) is 0 Å². The number of nitrogens with zero attached hydrogens (tertiary/aromatic N) is 8. The molecule has 12 nitrogen and oxygen atoms in total. The lowest BCUT2D eigenvalue weighted by molar-refractivity contribution is -0.00143. The first-order chi connectivity index (χ1) is 21.0. The van der Waals surface area contributed by atoms with E-state index in [1.807, 2.05) is 48.7 Å². The van der Waals surface area contributed by atoms with Crippen molar-refractivity contribution >= 4 is 65.1 Å². The number of benzene rings is 1. The predicted octanol–water partition coefficient (Wildman–Crippen LogP) is 5.38. The van der Waals surface area contributed by atoms with E-state index in [0.29, 0.717) is 42.0 Å². The van der Waals surface area contributed by atoms with E-state index in [4.69, 9.17) is 16.3 Å². The minimum absolute atomic E-state index is 0.225. The largest absolute Gasteiger partial charge is 0.444 e. The third kappa shape index (κ3) is 6.72. The SMILES string of the molecule is CP(C)c1c(Nc2nc(Nc3cnn(C4CC(N5CCN(C(=O)OC(C)(C)C)CC5)C4)c3)ncc2Cl)ccc2nccnc12. The minimum Gasteiger partial charge on any atom is -0.444 e. The van der Waals surface area contributed by atoms with Crippen LogP contribution in [0.5, 0.6) is 0 Å². The van der Waals surface area contributed by atoms with Gasteiger partial charge in [-0.25, -0.2) is 9.78 Å². The third-order valence-electron chi connectivity index (χ3n) is 7.86. The molecule has 1 saturated carbocycles. The van der Waals surface area contributed by atoms with Crippen LogP contribution in [0.1, 0.15) is 39.7 Å². The number of nitrogens with one attached hydrogen (secondary N) is 2. The number of ether oxygens (including phenoxy) is 1. The van der Waals surface area contributed by atoms with Crippen molar-refractivity contribution in [1.29, 1.82) is 0 Å². The fraction of sp³-hybridized carbons (Fsp3) is 0.467. The molecule has 232 valence electrons. The molecule has 0 radical (unpaired) electrons. The molecule has 0 atom stereocenters. The fourth-order valence-corrected chi connectivity index (χ4v) is 6.97. The van der Waals surface area contributed by atoms with E-state index >= 15 is 0 Å². The predicted molar refractivity (Wildman–Crippen MR) is 175 cm³/mol. The molecule has 2 fully saturated rings. The molecule has 1 aliphatic heterocycles. The van der Waals surface area contributed by atoms with Crippen molar-refractivity contribution in [3.05, 3.63) is 48.1 Å². The third-order valence-corrected chi connectivity index (χ3v) is 9.48. The molecule has 2 N–H and O–H groups in total. The zero-order chi connectivity index (χ0) is 31.0. The summed E-state index contributed by atoms with van der Waals surface area (Å²) in [6.07, 6.45) is 10.6. The molecule has 1 saturated heterocycles. The van der Waals surface area contributed by atoms with Crippen molar-refractivity contribution in [1.82, 2.24) is 39.5 Å². The first-order valence-electron chi connectivity index (χ1n) is 14.8. The Balaban J connectivity index is 1.05. The average molecular weight is 637 g/mol. The van der Waals surface area contributed by atoms with Gasteiger partial charge in [0.15, 0.2) is 5.82 Å². The zero-order valence-electron chi connectivity index (χ0n) is 25.7. The Morgan fingerprint density at radius 2 is 1.75 bits per heavy atom. The van der Waals surface area contributed by atoms with Gasteiger partial charge in [-0.05, 0) is 59.1 Å². The van der Waals surface area contributed by atoms with Gasteiger partial charge in [0, 0.05) is 61.8 Å². The van der Waals surface area contributed by atoms with Gasteiger partial charge in [0.05, 0.1) is 35.2 Å². The van der Waals surface area contributed by atoms with Crippen LogP contribution in [0.2, 0.25) is 5.02 Å². The Kier molecular flexibility index (Phi) is 8.59. The summed E-state index contributed by atoms with van der Waals surface area (Å²) in [7, 11) is -0.488. The summed E-state index contributed by atoms with van der Waals surface area (Å²) in [5.41, 5.74) is 2.97. The van der Waals surface area contributed by atoms with Gasteiger partial charge in [0.2, 0.25) is 5.95 Å². The van der Waals surface area contributed by atoms with Crippen molar-refractivity contribution in [3.63, 3.8) is 0 Å². The highest BCUT2D eigenvalue weighted by molar-refractivity contribution is 7.65. The molecule has 4 heterocycles. The summed E-state index contributed by atoms with van der Waals surface area (Å²) in [6.45, 7) is 13.2. The van der Waals surface area contributed by atoms with Crippen LogP contribution in [0.25, 0.3) is 11.0 Å². The Hall–Kier alpha value is -3.60. The van der Waals surface area contributed by atoms with E-state index in [-0.39, 0.29) is 6.09 Å². The number of piperazine rings is 1. The Morgan fingerprint density at radius 1 is 1.00 bits per heavy atom. The highest BCUT2D eigenvalue weighted by atomic mass is 35.5. The molecule has 4 aromatic rings. The van der Waals surface area contributed by atoms with Crippen LogP contribution in [0.3, 0.4) is 0 Å². The molecule has 1 aliphatic carbocycles. The highest BCUT2D eigenvalue weighted by Crippen LogP contribution is 2.37. The van der Waals surface area contributed by atoms with Crippen LogP contribution < -0.4 is 15.9 Å². The summed E-state index contributed by atoms with van der Waals surface area (Å²) in [6, 6.07) is 4.77. The van der Waals surface area contributed by atoms with Crippen molar-refractivity contribution in [2.45, 2.75) is 51.3 Å². The summed E-state index contributed by atoms with van der Waals surface area (Å²) < 4.78 is 7.54. The lowest BCUT2D eigenvalue weighted by Crippen LogP contribution is -2.55. The molecule has 14 heteroatoms. The first kappa shape index (κ1) is 30.4.